The number of carbonyl (C=O) groups is 1. The van der Waals surface area contributed by atoms with Gasteiger partial charge in [-0.05, 0) is 50.7 Å². The third-order valence-corrected chi connectivity index (χ3v) is 6.22. The van der Waals surface area contributed by atoms with Gasteiger partial charge in [0.1, 0.15) is 0 Å². The average Bonchev–Trinajstić information content (AvgIpc) is 3.60. The Kier molecular flexibility index (Phi) is 4.79. The first-order chi connectivity index (χ1) is 13.8. The molecule has 2 aliphatic heterocycles. The van der Waals surface area contributed by atoms with Crippen molar-refractivity contribution in [3.05, 3.63) is 24.3 Å². The summed E-state index contributed by atoms with van der Waals surface area (Å²) in [7, 11) is 0. The van der Waals surface area contributed by atoms with Gasteiger partial charge in [0.05, 0.1) is 11.0 Å². The molecule has 6 heteroatoms. The summed E-state index contributed by atoms with van der Waals surface area (Å²) in [6, 6.07) is 8.16. The van der Waals surface area contributed by atoms with E-state index >= 15 is 0 Å². The Balaban J connectivity index is 1.45. The van der Waals surface area contributed by atoms with E-state index < -0.39 is 0 Å². The number of rotatable bonds is 3. The van der Waals surface area contributed by atoms with Crippen LogP contribution in [0.2, 0.25) is 0 Å². The molecule has 1 amide bonds. The number of benzene rings is 1. The highest BCUT2D eigenvalue weighted by Gasteiger charge is 2.34. The van der Waals surface area contributed by atoms with Gasteiger partial charge in [-0.15, -0.1) is 0 Å². The molecule has 1 aliphatic carbocycles. The summed E-state index contributed by atoms with van der Waals surface area (Å²) in [5, 5.41) is 0. The summed E-state index contributed by atoms with van der Waals surface area (Å²) in [6.07, 6.45) is 6.89. The standard InChI is InChI=1S/C22H29N5O/c28-22(17-9-10-17)27-14-6-13-26(15-16-27)21-20(25-11-4-1-5-12-25)23-18-7-2-3-8-19(18)24-21/h2-3,7-8,17H,1,4-6,9-16H2. The second-order valence-corrected chi connectivity index (χ2v) is 8.35. The molecule has 0 atom stereocenters. The van der Waals surface area contributed by atoms with E-state index in [0.717, 1.165) is 81.2 Å². The van der Waals surface area contributed by atoms with E-state index in [-0.39, 0.29) is 0 Å². The maximum atomic E-state index is 12.5. The van der Waals surface area contributed by atoms with Crippen LogP contribution in [0, 0.1) is 5.92 Å². The lowest BCUT2D eigenvalue weighted by Crippen LogP contribution is -2.37. The molecule has 0 radical (unpaired) electrons. The topological polar surface area (TPSA) is 52.6 Å². The van der Waals surface area contributed by atoms with Crippen LogP contribution in [0.3, 0.4) is 0 Å². The summed E-state index contributed by atoms with van der Waals surface area (Å²) in [4.78, 5) is 29.5. The zero-order valence-electron chi connectivity index (χ0n) is 16.5. The first-order valence-corrected chi connectivity index (χ1v) is 10.8. The van der Waals surface area contributed by atoms with Gasteiger partial charge in [0.15, 0.2) is 11.6 Å². The highest BCUT2D eigenvalue weighted by Crippen LogP contribution is 2.33. The second kappa shape index (κ2) is 7.57. The number of hydrogen-bond acceptors (Lipinski definition) is 5. The molecule has 0 unspecified atom stereocenters. The molecular formula is C22H29N5O. The number of aromatic nitrogens is 2. The summed E-state index contributed by atoms with van der Waals surface area (Å²) in [5.74, 6) is 2.69. The predicted molar refractivity (Wildman–Crippen MR) is 112 cm³/mol. The minimum absolute atomic E-state index is 0.302. The molecule has 2 saturated heterocycles. The number of amides is 1. The lowest BCUT2D eigenvalue weighted by Gasteiger charge is -2.32. The molecule has 5 rings (SSSR count). The van der Waals surface area contributed by atoms with E-state index in [1.165, 1.54) is 19.3 Å². The molecule has 3 aliphatic rings. The number of hydrogen-bond donors (Lipinski definition) is 0. The van der Waals surface area contributed by atoms with Crippen molar-refractivity contribution in [1.29, 1.82) is 0 Å². The average molecular weight is 380 g/mol. The maximum absolute atomic E-state index is 12.5. The number of para-hydroxylation sites is 2. The third kappa shape index (κ3) is 3.52. The van der Waals surface area contributed by atoms with Crippen LogP contribution >= 0.6 is 0 Å². The summed E-state index contributed by atoms with van der Waals surface area (Å²) in [6.45, 7) is 5.55. The summed E-state index contributed by atoms with van der Waals surface area (Å²) < 4.78 is 0. The van der Waals surface area contributed by atoms with E-state index in [0.29, 0.717) is 11.8 Å². The highest BCUT2D eigenvalue weighted by atomic mass is 16.2. The van der Waals surface area contributed by atoms with Gasteiger partial charge in [0.2, 0.25) is 5.91 Å². The zero-order chi connectivity index (χ0) is 18.9. The van der Waals surface area contributed by atoms with E-state index in [4.69, 9.17) is 9.97 Å². The molecular weight excluding hydrogens is 350 g/mol. The van der Waals surface area contributed by atoms with Crippen LogP contribution in [0.5, 0.6) is 0 Å². The monoisotopic (exact) mass is 379 g/mol. The fraction of sp³-hybridized carbons (Fsp3) is 0.591. The Bertz CT molecular complexity index is 859. The van der Waals surface area contributed by atoms with Crippen molar-refractivity contribution in [2.24, 2.45) is 5.92 Å². The second-order valence-electron chi connectivity index (χ2n) is 8.35. The van der Waals surface area contributed by atoms with Gasteiger partial charge in [-0.1, -0.05) is 12.1 Å². The molecule has 1 aromatic carbocycles. The van der Waals surface area contributed by atoms with Crippen LogP contribution in [0.15, 0.2) is 24.3 Å². The largest absolute Gasteiger partial charge is 0.354 e. The van der Waals surface area contributed by atoms with Crippen LogP contribution in [0.25, 0.3) is 11.0 Å². The minimum Gasteiger partial charge on any atom is -0.354 e. The normalized spacial score (nSPS) is 21.1. The van der Waals surface area contributed by atoms with Crippen molar-refractivity contribution in [3.8, 4) is 0 Å². The zero-order valence-corrected chi connectivity index (χ0v) is 16.5. The van der Waals surface area contributed by atoms with Crippen LogP contribution in [0.1, 0.15) is 38.5 Å². The molecule has 28 heavy (non-hydrogen) atoms. The first-order valence-electron chi connectivity index (χ1n) is 10.8. The predicted octanol–water partition coefficient (Wildman–Crippen LogP) is 3.07. The van der Waals surface area contributed by atoms with E-state index in [1.54, 1.807) is 0 Å². The Labute approximate surface area is 166 Å². The Hall–Kier alpha value is -2.37. The lowest BCUT2D eigenvalue weighted by molar-refractivity contribution is -0.132. The van der Waals surface area contributed by atoms with Crippen molar-refractivity contribution in [1.82, 2.24) is 14.9 Å². The van der Waals surface area contributed by atoms with E-state index in [1.807, 2.05) is 18.2 Å². The summed E-state index contributed by atoms with van der Waals surface area (Å²) >= 11 is 0. The molecule has 0 N–H and O–H groups in total. The molecule has 3 heterocycles. The van der Waals surface area contributed by atoms with Crippen molar-refractivity contribution >= 4 is 28.6 Å². The smallest absolute Gasteiger partial charge is 0.225 e. The molecule has 3 fully saturated rings. The summed E-state index contributed by atoms with van der Waals surface area (Å²) in [5.41, 5.74) is 1.92. The molecule has 6 nitrogen and oxygen atoms in total. The van der Waals surface area contributed by atoms with Gasteiger partial charge < -0.3 is 14.7 Å². The lowest BCUT2D eigenvalue weighted by atomic mass is 10.1. The van der Waals surface area contributed by atoms with Gasteiger partial charge in [-0.2, -0.15) is 0 Å². The quantitative estimate of drug-likeness (QED) is 0.820. The molecule has 0 spiro atoms. The van der Waals surface area contributed by atoms with Gasteiger partial charge in [0, 0.05) is 45.2 Å². The van der Waals surface area contributed by atoms with Crippen molar-refractivity contribution < 1.29 is 4.79 Å². The first kappa shape index (κ1) is 17.7. The minimum atomic E-state index is 0.302. The van der Waals surface area contributed by atoms with Gasteiger partial charge in [0.25, 0.3) is 0 Å². The number of nitrogens with zero attached hydrogens (tertiary/aromatic N) is 5. The number of anilines is 2. The third-order valence-electron chi connectivity index (χ3n) is 6.22. The van der Waals surface area contributed by atoms with E-state index in [2.05, 4.69) is 20.8 Å². The molecule has 2 aromatic rings. The van der Waals surface area contributed by atoms with Crippen LogP contribution in [0.4, 0.5) is 11.6 Å². The Morgan fingerprint density at radius 1 is 0.750 bits per heavy atom. The van der Waals surface area contributed by atoms with E-state index in [9.17, 15) is 4.79 Å². The van der Waals surface area contributed by atoms with Crippen LogP contribution in [-0.4, -0.2) is 60.0 Å². The fourth-order valence-electron chi connectivity index (χ4n) is 4.45. The molecule has 1 aromatic heterocycles. The van der Waals surface area contributed by atoms with Gasteiger partial charge >= 0.3 is 0 Å². The maximum Gasteiger partial charge on any atom is 0.225 e. The van der Waals surface area contributed by atoms with Crippen LogP contribution in [-0.2, 0) is 4.79 Å². The number of fused-ring (bicyclic) bond motifs is 1. The van der Waals surface area contributed by atoms with Crippen molar-refractivity contribution in [2.75, 3.05) is 49.1 Å². The van der Waals surface area contributed by atoms with Crippen molar-refractivity contribution in [2.45, 2.75) is 38.5 Å². The van der Waals surface area contributed by atoms with Gasteiger partial charge in [-0.25, -0.2) is 9.97 Å². The van der Waals surface area contributed by atoms with Gasteiger partial charge in [-0.3, -0.25) is 4.79 Å². The number of piperidine rings is 1. The highest BCUT2D eigenvalue weighted by molar-refractivity contribution is 5.82. The Morgan fingerprint density at radius 2 is 1.36 bits per heavy atom. The fourth-order valence-corrected chi connectivity index (χ4v) is 4.45. The SMILES string of the molecule is O=C(C1CC1)N1CCCN(c2nc3ccccc3nc2N2CCCCC2)CC1. The van der Waals surface area contributed by atoms with Crippen molar-refractivity contribution in [3.63, 3.8) is 0 Å². The Morgan fingerprint density at radius 3 is 2.00 bits per heavy atom. The molecule has 148 valence electrons. The number of carbonyl (C=O) groups excluding carboxylic acids is 1. The molecule has 0 bridgehead atoms. The van der Waals surface area contributed by atoms with Crippen LogP contribution < -0.4 is 9.80 Å². The molecule has 1 saturated carbocycles.